The standard InChI is InChI=1S/C20H24N2O2/c1-3-7-18(16-8-5-4-6-9-16)20(24)22-17-12-10-15(11-13-17)14-19(23)21-2/h4-6,8-13,18H,3,7,14H2,1-2H3,(H,21,23)(H,22,24). The van der Waals surface area contributed by atoms with Crippen LogP contribution < -0.4 is 10.6 Å². The lowest BCUT2D eigenvalue weighted by atomic mass is 9.93. The lowest BCUT2D eigenvalue weighted by Gasteiger charge is -2.16. The van der Waals surface area contributed by atoms with E-state index in [1.54, 1.807) is 7.05 Å². The zero-order valence-corrected chi connectivity index (χ0v) is 14.2. The molecule has 4 nitrogen and oxygen atoms in total. The van der Waals surface area contributed by atoms with Crippen molar-refractivity contribution in [1.29, 1.82) is 0 Å². The molecule has 0 saturated carbocycles. The minimum absolute atomic E-state index is 0.00195. The Morgan fingerprint density at radius 1 is 1.00 bits per heavy atom. The van der Waals surface area contributed by atoms with E-state index >= 15 is 0 Å². The lowest BCUT2D eigenvalue weighted by molar-refractivity contribution is -0.120. The maximum absolute atomic E-state index is 12.6. The summed E-state index contributed by atoms with van der Waals surface area (Å²) >= 11 is 0. The Morgan fingerprint density at radius 3 is 2.25 bits per heavy atom. The fraction of sp³-hybridized carbons (Fsp3) is 0.300. The minimum Gasteiger partial charge on any atom is -0.359 e. The molecule has 0 spiro atoms. The number of carbonyl (C=O) groups excluding carboxylic acids is 2. The zero-order chi connectivity index (χ0) is 17.4. The second-order valence-corrected chi connectivity index (χ2v) is 5.79. The molecule has 0 saturated heterocycles. The van der Waals surface area contributed by atoms with Crippen LogP contribution >= 0.6 is 0 Å². The summed E-state index contributed by atoms with van der Waals surface area (Å²) in [5.74, 6) is -0.178. The van der Waals surface area contributed by atoms with Crippen molar-refractivity contribution >= 4 is 17.5 Å². The molecule has 0 fully saturated rings. The van der Waals surface area contributed by atoms with Crippen LogP contribution in [-0.4, -0.2) is 18.9 Å². The van der Waals surface area contributed by atoms with Crippen molar-refractivity contribution in [2.75, 3.05) is 12.4 Å². The van der Waals surface area contributed by atoms with Crippen LogP contribution in [0, 0.1) is 0 Å². The second kappa shape index (κ2) is 8.87. The highest BCUT2D eigenvalue weighted by molar-refractivity contribution is 5.95. The molecule has 2 rings (SSSR count). The molecule has 2 N–H and O–H groups in total. The van der Waals surface area contributed by atoms with Crippen molar-refractivity contribution in [2.24, 2.45) is 0 Å². The number of benzene rings is 2. The first-order valence-corrected chi connectivity index (χ1v) is 8.29. The number of nitrogens with one attached hydrogen (secondary N) is 2. The van der Waals surface area contributed by atoms with Gasteiger partial charge in [0.15, 0.2) is 0 Å². The van der Waals surface area contributed by atoms with Gasteiger partial charge in [-0.25, -0.2) is 0 Å². The third-order valence-electron chi connectivity index (χ3n) is 3.96. The van der Waals surface area contributed by atoms with E-state index in [9.17, 15) is 9.59 Å². The molecular formula is C20H24N2O2. The predicted molar refractivity (Wildman–Crippen MR) is 96.9 cm³/mol. The molecule has 2 aromatic carbocycles. The Bertz CT molecular complexity index is 666. The van der Waals surface area contributed by atoms with Gasteiger partial charge in [-0.2, -0.15) is 0 Å². The highest BCUT2D eigenvalue weighted by atomic mass is 16.2. The average molecular weight is 324 g/mol. The predicted octanol–water partition coefficient (Wildman–Crippen LogP) is 3.50. The van der Waals surface area contributed by atoms with Crippen LogP contribution in [0.2, 0.25) is 0 Å². The molecule has 1 atom stereocenters. The van der Waals surface area contributed by atoms with Crippen molar-refractivity contribution in [2.45, 2.75) is 32.1 Å². The van der Waals surface area contributed by atoms with E-state index in [4.69, 9.17) is 0 Å². The normalized spacial score (nSPS) is 11.6. The van der Waals surface area contributed by atoms with Gasteiger partial charge in [0, 0.05) is 12.7 Å². The molecule has 0 aliphatic carbocycles. The van der Waals surface area contributed by atoms with E-state index in [2.05, 4.69) is 17.6 Å². The molecule has 2 aromatic rings. The van der Waals surface area contributed by atoms with Crippen LogP contribution in [0.3, 0.4) is 0 Å². The van der Waals surface area contributed by atoms with Crippen LogP contribution in [0.25, 0.3) is 0 Å². The number of hydrogen-bond donors (Lipinski definition) is 2. The Hall–Kier alpha value is -2.62. The summed E-state index contributed by atoms with van der Waals surface area (Å²) in [7, 11) is 1.62. The van der Waals surface area contributed by atoms with Crippen LogP contribution in [-0.2, 0) is 16.0 Å². The van der Waals surface area contributed by atoms with Crippen LogP contribution in [0.4, 0.5) is 5.69 Å². The van der Waals surface area contributed by atoms with Gasteiger partial charge in [-0.3, -0.25) is 9.59 Å². The highest BCUT2D eigenvalue weighted by Crippen LogP contribution is 2.23. The smallest absolute Gasteiger partial charge is 0.231 e. The molecule has 0 aliphatic rings. The van der Waals surface area contributed by atoms with Crippen molar-refractivity contribution in [3.63, 3.8) is 0 Å². The molecular weight excluding hydrogens is 300 g/mol. The summed E-state index contributed by atoms with van der Waals surface area (Å²) in [5, 5.41) is 5.58. The van der Waals surface area contributed by atoms with Gasteiger partial charge in [0.1, 0.15) is 0 Å². The molecule has 126 valence electrons. The minimum atomic E-state index is -0.151. The monoisotopic (exact) mass is 324 g/mol. The van der Waals surface area contributed by atoms with Gasteiger partial charge in [0.05, 0.1) is 12.3 Å². The summed E-state index contributed by atoms with van der Waals surface area (Å²) in [6, 6.07) is 17.3. The van der Waals surface area contributed by atoms with Gasteiger partial charge in [0.25, 0.3) is 0 Å². The molecule has 2 amide bonds. The Morgan fingerprint density at radius 2 is 1.67 bits per heavy atom. The summed E-state index contributed by atoms with van der Waals surface area (Å²) in [6.45, 7) is 2.08. The number of anilines is 1. The van der Waals surface area contributed by atoms with Gasteiger partial charge in [-0.15, -0.1) is 0 Å². The SMILES string of the molecule is CCCC(C(=O)Nc1ccc(CC(=O)NC)cc1)c1ccccc1. The van der Waals surface area contributed by atoms with Crippen molar-refractivity contribution in [1.82, 2.24) is 5.32 Å². The summed E-state index contributed by atoms with van der Waals surface area (Å²) in [4.78, 5) is 24.0. The van der Waals surface area contributed by atoms with E-state index in [0.29, 0.717) is 6.42 Å². The third-order valence-corrected chi connectivity index (χ3v) is 3.96. The number of carbonyl (C=O) groups is 2. The van der Waals surface area contributed by atoms with Crippen LogP contribution in [0.15, 0.2) is 54.6 Å². The number of likely N-dealkylation sites (N-methyl/N-ethyl adjacent to an activating group) is 1. The average Bonchev–Trinajstić information content (AvgIpc) is 2.61. The first kappa shape index (κ1) is 17.7. The molecule has 24 heavy (non-hydrogen) atoms. The first-order chi connectivity index (χ1) is 11.6. The van der Waals surface area contributed by atoms with E-state index in [1.165, 1.54) is 0 Å². The molecule has 0 aromatic heterocycles. The first-order valence-electron chi connectivity index (χ1n) is 8.29. The largest absolute Gasteiger partial charge is 0.359 e. The number of amides is 2. The molecule has 0 bridgehead atoms. The summed E-state index contributed by atoms with van der Waals surface area (Å²) < 4.78 is 0. The quantitative estimate of drug-likeness (QED) is 0.819. The van der Waals surface area contributed by atoms with Crippen LogP contribution in [0.1, 0.15) is 36.8 Å². The maximum Gasteiger partial charge on any atom is 0.231 e. The second-order valence-electron chi connectivity index (χ2n) is 5.79. The molecule has 0 aliphatic heterocycles. The lowest BCUT2D eigenvalue weighted by Crippen LogP contribution is -2.21. The van der Waals surface area contributed by atoms with Crippen molar-refractivity contribution in [3.05, 3.63) is 65.7 Å². The summed E-state index contributed by atoms with van der Waals surface area (Å²) in [6.07, 6.45) is 2.09. The van der Waals surface area contributed by atoms with E-state index in [0.717, 1.165) is 29.7 Å². The van der Waals surface area contributed by atoms with Gasteiger partial charge >= 0.3 is 0 Å². The maximum atomic E-state index is 12.6. The fourth-order valence-corrected chi connectivity index (χ4v) is 2.63. The molecule has 0 heterocycles. The Balaban J connectivity index is 2.05. The van der Waals surface area contributed by atoms with E-state index in [-0.39, 0.29) is 17.7 Å². The Labute approximate surface area is 143 Å². The molecule has 0 radical (unpaired) electrons. The molecule has 1 unspecified atom stereocenters. The zero-order valence-electron chi connectivity index (χ0n) is 14.2. The molecule has 4 heteroatoms. The topological polar surface area (TPSA) is 58.2 Å². The van der Waals surface area contributed by atoms with Crippen LogP contribution in [0.5, 0.6) is 0 Å². The Kier molecular flexibility index (Phi) is 6.55. The van der Waals surface area contributed by atoms with Gasteiger partial charge in [-0.05, 0) is 29.7 Å². The number of hydrogen-bond acceptors (Lipinski definition) is 2. The van der Waals surface area contributed by atoms with E-state index in [1.807, 2.05) is 54.6 Å². The highest BCUT2D eigenvalue weighted by Gasteiger charge is 2.19. The fourth-order valence-electron chi connectivity index (χ4n) is 2.63. The van der Waals surface area contributed by atoms with E-state index < -0.39 is 0 Å². The third kappa shape index (κ3) is 4.95. The van der Waals surface area contributed by atoms with Gasteiger partial charge in [0.2, 0.25) is 11.8 Å². The number of rotatable bonds is 7. The van der Waals surface area contributed by atoms with Crippen molar-refractivity contribution in [3.8, 4) is 0 Å². The van der Waals surface area contributed by atoms with Gasteiger partial charge in [-0.1, -0.05) is 55.8 Å². The van der Waals surface area contributed by atoms with Crippen molar-refractivity contribution < 1.29 is 9.59 Å². The summed E-state index contributed by atoms with van der Waals surface area (Å²) in [5.41, 5.74) is 2.70. The van der Waals surface area contributed by atoms with Gasteiger partial charge < -0.3 is 10.6 Å².